The number of benzene rings is 1. The van der Waals surface area contributed by atoms with Crippen molar-refractivity contribution in [3.05, 3.63) is 113 Å². The molecule has 3 N–H and O–H groups in total. The number of pyridine rings is 2. The fraction of sp³-hybridized carbons (Fsp3) is 0. The highest BCUT2D eigenvalue weighted by Gasteiger charge is 2.22. The van der Waals surface area contributed by atoms with Crippen LogP contribution in [-0.2, 0) is 4.79 Å². The summed E-state index contributed by atoms with van der Waals surface area (Å²) in [7, 11) is 0. The van der Waals surface area contributed by atoms with Crippen molar-refractivity contribution in [3.8, 4) is 17.1 Å². The van der Waals surface area contributed by atoms with Crippen LogP contribution < -0.4 is 15.2 Å². The first kappa shape index (κ1) is 26.6. The van der Waals surface area contributed by atoms with E-state index in [2.05, 4.69) is 25.6 Å². The number of hydrogen-bond acceptors (Lipinski definition) is 9. The predicted molar refractivity (Wildman–Crippen MR) is 138 cm³/mol. The molecule has 3 heterocycles. The Hall–Kier alpha value is -5.00. The summed E-state index contributed by atoms with van der Waals surface area (Å²) in [6, 6.07) is 13.6. The minimum Gasteiger partial charge on any atom is -0.870 e. The van der Waals surface area contributed by atoms with Gasteiger partial charge in [0.1, 0.15) is 6.29 Å². The quantitative estimate of drug-likeness (QED) is 0.0806. The second kappa shape index (κ2) is 12.6. The van der Waals surface area contributed by atoms with E-state index in [0.717, 1.165) is 11.1 Å². The van der Waals surface area contributed by atoms with E-state index >= 15 is 0 Å². The maximum Gasteiger partial charge on any atom is 0.441 e. The smallest absolute Gasteiger partial charge is 0.441 e. The van der Waals surface area contributed by atoms with Crippen LogP contribution in [-0.4, -0.2) is 31.6 Å². The number of rotatable bonds is 9. The lowest BCUT2D eigenvalue weighted by Gasteiger charge is -2.08. The van der Waals surface area contributed by atoms with E-state index in [1.165, 1.54) is 18.2 Å². The monoisotopic (exact) mass is 517 g/mol. The van der Waals surface area contributed by atoms with Gasteiger partial charge in [-0.1, -0.05) is 17.7 Å². The molecule has 3 aromatic heterocycles. The molecule has 1 aromatic carbocycles. The van der Waals surface area contributed by atoms with Gasteiger partial charge < -0.3 is 16.1 Å². The fourth-order valence-electron chi connectivity index (χ4n) is 3.12. The summed E-state index contributed by atoms with van der Waals surface area (Å²) in [6.45, 7) is 0. The number of nitro groups is 1. The standard InChI is InChI=1S/C25H18ClN7O3.H2O/c26-22-23(28-12-2-1-3-17-34)30-25(31-24(22)29-20-4-6-21(7-5-20)33(35)36)32-15-10-19(11-16-32)18-8-13-27-14-9-18;/h1-17H,(H-,28,29,30,31,34);1H2. The lowest BCUT2D eigenvalue weighted by atomic mass is 10.1. The van der Waals surface area contributed by atoms with Crippen molar-refractivity contribution in [3.63, 3.8) is 0 Å². The normalized spacial score (nSPS) is 10.7. The molecule has 4 rings (SSSR count). The number of aromatic nitrogens is 4. The Balaban J connectivity index is 0.00000380. The summed E-state index contributed by atoms with van der Waals surface area (Å²) in [5.41, 5.74) is 2.54. The Morgan fingerprint density at radius 3 is 2.19 bits per heavy atom. The Morgan fingerprint density at radius 2 is 1.54 bits per heavy atom. The van der Waals surface area contributed by atoms with Crippen LogP contribution in [0.2, 0.25) is 5.02 Å². The first-order valence-electron chi connectivity index (χ1n) is 10.6. The number of allylic oxidation sites excluding steroid dienone is 3. The Bertz CT molecular complexity index is 1430. The van der Waals surface area contributed by atoms with Crippen LogP contribution in [0.3, 0.4) is 0 Å². The lowest BCUT2D eigenvalue weighted by Crippen LogP contribution is -2.32. The summed E-state index contributed by atoms with van der Waals surface area (Å²) < 4.78 is 1.73. The molecular weight excluding hydrogens is 498 g/mol. The van der Waals surface area contributed by atoms with E-state index in [1.807, 2.05) is 36.7 Å². The van der Waals surface area contributed by atoms with E-state index in [9.17, 15) is 14.9 Å². The van der Waals surface area contributed by atoms with Crippen LogP contribution >= 0.6 is 11.6 Å². The average Bonchev–Trinajstić information content (AvgIpc) is 2.91. The van der Waals surface area contributed by atoms with Crippen LogP contribution in [0.4, 0.5) is 23.0 Å². The molecule has 0 aliphatic rings. The van der Waals surface area contributed by atoms with Crippen LogP contribution in [0, 0.1) is 10.1 Å². The maximum atomic E-state index is 11.0. The largest absolute Gasteiger partial charge is 0.870 e. The van der Waals surface area contributed by atoms with Crippen molar-refractivity contribution in [2.45, 2.75) is 0 Å². The molecular formula is C25H20ClN7O4. The molecule has 0 fully saturated rings. The molecule has 4 aromatic rings. The van der Waals surface area contributed by atoms with Gasteiger partial charge in [-0.15, -0.1) is 0 Å². The molecule has 0 amide bonds. The van der Waals surface area contributed by atoms with Crippen molar-refractivity contribution in [2.24, 2.45) is 0 Å². The third-order valence-corrected chi connectivity index (χ3v) is 5.23. The van der Waals surface area contributed by atoms with Crippen molar-refractivity contribution in [1.29, 1.82) is 0 Å². The first-order chi connectivity index (χ1) is 17.5. The fourth-order valence-corrected chi connectivity index (χ4v) is 3.31. The molecule has 0 saturated heterocycles. The SMILES string of the molecule is O=C/C=C/C=C/Nc1nc(-[n+]2ccc(-c3ccncc3)cc2)nc(Nc2ccc([N+](=O)[O-])cc2)c1Cl.[OH-]. The second-order valence-electron chi connectivity index (χ2n) is 7.22. The number of nitrogens with one attached hydrogen (secondary N) is 2. The van der Waals surface area contributed by atoms with Crippen molar-refractivity contribution in [1.82, 2.24) is 15.0 Å². The van der Waals surface area contributed by atoms with Gasteiger partial charge in [-0.05, 0) is 69.6 Å². The number of non-ortho nitro benzene ring substituents is 1. The highest BCUT2D eigenvalue weighted by Crippen LogP contribution is 2.30. The van der Waals surface area contributed by atoms with Crippen LogP contribution in [0.5, 0.6) is 0 Å². The maximum absolute atomic E-state index is 11.0. The summed E-state index contributed by atoms with van der Waals surface area (Å²) in [5, 5.41) is 17.2. The zero-order valence-corrected chi connectivity index (χ0v) is 19.9. The van der Waals surface area contributed by atoms with Gasteiger partial charge in [-0.2, -0.15) is 0 Å². The van der Waals surface area contributed by atoms with E-state index < -0.39 is 4.92 Å². The number of nitrogens with zero attached hydrogens (tertiary/aromatic N) is 5. The highest BCUT2D eigenvalue weighted by atomic mass is 35.5. The summed E-state index contributed by atoms with van der Waals surface area (Å²) in [4.78, 5) is 34.1. The van der Waals surface area contributed by atoms with E-state index in [4.69, 9.17) is 11.6 Å². The second-order valence-corrected chi connectivity index (χ2v) is 7.60. The van der Waals surface area contributed by atoms with Gasteiger partial charge in [-0.3, -0.25) is 19.9 Å². The number of aldehydes is 1. The van der Waals surface area contributed by atoms with Crippen molar-refractivity contribution < 1.29 is 19.8 Å². The van der Waals surface area contributed by atoms with Gasteiger partial charge in [0.2, 0.25) is 11.6 Å². The van der Waals surface area contributed by atoms with Crippen LogP contribution in [0.25, 0.3) is 17.1 Å². The van der Waals surface area contributed by atoms with Gasteiger partial charge in [-0.25, -0.2) is 4.57 Å². The molecule has 0 unspecified atom stereocenters. The number of anilines is 3. The molecule has 0 spiro atoms. The minimum absolute atomic E-state index is 0. The van der Waals surface area contributed by atoms with Crippen LogP contribution in [0.15, 0.2) is 97.7 Å². The zero-order chi connectivity index (χ0) is 25.3. The van der Waals surface area contributed by atoms with Crippen LogP contribution in [0.1, 0.15) is 0 Å². The van der Waals surface area contributed by atoms with Gasteiger partial charge in [0, 0.05) is 36.4 Å². The number of hydrogen-bond donors (Lipinski definition) is 2. The number of carbonyl (C=O) groups excluding carboxylic acids is 1. The first-order valence-corrected chi connectivity index (χ1v) is 11.0. The summed E-state index contributed by atoms with van der Waals surface area (Å²) in [6.07, 6.45) is 13.8. The third kappa shape index (κ3) is 6.78. The van der Waals surface area contributed by atoms with Gasteiger partial charge in [0.15, 0.2) is 5.02 Å². The molecule has 37 heavy (non-hydrogen) atoms. The van der Waals surface area contributed by atoms with E-state index in [0.29, 0.717) is 29.6 Å². The molecule has 0 radical (unpaired) electrons. The van der Waals surface area contributed by atoms with Crippen molar-refractivity contribution in [2.75, 3.05) is 10.6 Å². The van der Waals surface area contributed by atoms with Crippen molar-refractivity contribution >= 4 is 40.9 Å². The number of nitro benzene ring substituents is 1. The van der Waals surface area contributed by atoms with E-state index in [1.54, 1.807) is 47.4 Å². The summed E-state index contributed by atoms with van der Waals surface area (Å²) >= 11 is 6.56. The summed E-state index contributed by atoms with van der Waals surface area (Å²) in [5.74, 6) is 0.928. The third-order valence-electron chi connectivity index (χ3n) is 4.87. The van der Waals surface area contributed by atoms with Gasteiger partial charge in [0.25, 0.3) is 5.69 Å². The molecule has 0 aliphatic heterocycles. The average molecular weight is 518 g/mol. The molecule has 0 atom stereocenters. The number of halogens is 1. The Labute approximate surface area is 216 Å². The molecule has 0 saturated carbocycles. The van der Waals surface area contributed by atoms with Gasteiger partial charge in [0.05, 0.1) is 17.3 Å². The zero-order valence-electron chi connectivity index (χ0n) is 19.1. The molecule has 11 nitrogen and oxygen atoms in total. The topological polar surface area (TPSA) is 157 Å². The van der Waals surface area contributed by atoms with Gasteiger partial charge >= 0.3 is 5.95 Å². The Morgan fingerprint density at radius 1 is 0.892 bits per heavy atom. The predicted octanol–water partition coefficient (Wildman–Crippen LogP) is 4.62. The van der Waals surface area contributed by atoms with E-state index in [-0.39, 0.29) is 16.2 Å². The molecule has 186 valence electrons. The molecule has 12 heteroatoms. The Kier molecular flexibility index (Phi) is 9.08. The lowest BCUT2D eigenvalue weighted by molar-refractivity contribution is -0.603. The number of carbonyl (C=O) groups is 1. The minimum atomic E-state index is -0.473. The highest BCUT2D eigenvalue weighted by molar-refractivity contribution is 6.35. The molecule has 0 aliphatic carbocycles. The molecule has 0 bridgehead atoms.